The molecule has 1 aromatic heterocycles. The molecule has 2 heterocycles. The molecule has 3 N–H and O–H groups in total. The molecular weight excluding hydrogens is 306 g/mol. The highest BCUT2D eigenvalue weighted by molar-refractivity contribution is 8.00. The van der Waals surface area contributed by atoms with E-state index in [9.17, 15) is 4.79 Å². The lowest BCUT2D eigenvalue weighted by atomic mass is 10.1. The summed E-state index contributed by atoms with van der Waals surface area (Å²) in [7, 11) is 3.21. The Morgan fingerprint density at radius 1 is 1.43 bits per heavy atom. The molecule has 5 nitrogen and oxygen atoms in total. The molecule has 1 saturated heterocycles. The van der Waals surface area contributed by atoms with Gasteiger partial charge in [0.05, 0.1) is 7.11 Å². The molecule has 118 valence electrons. The molecule has 0 bridgehead atoms. The summed E-state index contributed by atoms with van der Waals surface area (Å²) in [4.78, 5) is 14.7. The van der Waals surface area contributed by atoms with E-state index in [1.807, 2.05) is 11.8 Å². The van der Waals surface area contributed by atoms with Crippen molar-refractivity contribution in [1.82, 2.24) is 5.32 Å². The Bertz CT molecular complexity index is 529. The number of methoxy groups -OCH3 is 1. The summed E-state index contributed by atoms with van der Waals surface area (Å²) in [6, 6.07) is 0. The van der Waals surface area contributed by atoms with Gasteiger partial charge in [-0.1, -0.05) is 13.8 Å². The molecule has 0 saturated carbocycles. The molecule has 1 aliphatic rings. The van der Waals surface area contributed by atoms with Crippen LogP contribution in [0.15, 0.2) is 0 Å². The van der Waals surface area contributed by atoms with Crippen LogP contribution < -0.4 is 20.7 Å². The van der Waals surface area contributed by atoms with E-state index in [0.717, 1.165) is 30.3 Å². The fourth-order valence-corrected chi connectivity index (χ4v) is 4.62. The van der Waals surface area contributed by atoms with Crippen molar-refractivity contribution in [2.75, 3.05) is 43.6 Å². The van der Waals surface area contributed by atoms with Crippen molar-refractivity contribution >= 4 is 39.7 Å². The van der Waals surface area contributed by atoms with Crippen LogP contribution in [-0.2, 0) is 0 Å². The average molecular weight is 329 g/mol. The molecule has 0 radical (unpaired) electrons. The van der Waals surface area contributed by atoms with Crippen molar-refractivity contribution in [3.8, 4) is 5.75 Å². The number of anilines is 2. The molecule has 1 amide bonds. The largest absolute Gasteiger partial charge is 0.492 e. The predicted molar refractivity (Wildman–Crippen MR) is 92.0 cm³/mol. The van der Waals surface area contributed by atoms with Gasteiger partial charge in [0, 0.05) is 30.6 Å². The van der Waals surface area contributed by atoms with Crippen molar-refractivity contribution < 1.29 is 9.53 Å². The zero-order valence-corrected chi connectivity index (χ0v) is 14.6. The van der Waals surface area contributed by atoms with Gasteiger partial charge in [0.1, 0.15) is 15.6 Å². The van der Waals surface area contributed by atoms with Crippen molar-refractivity contribution in [1.29, 1.82) is 0 Å². The fraction of sp³-hybridized carbons (Fsp3) is 0.643. The number of thiophene rings is 1. The lowest BCUT2D eigenvalue weighted by molar-refractivity contribution is 0.0967. The second kappa shape index (κ2) is 6.36. The maximum Gasteiger partial charge on any atom is 0.263 e. The smallest absolute Gasteiger partial charge is 0.263 e. The van der Waals surface area contributed by atoms with Gasteiger partial charge in [-0.25, -0.2) is 0 Å². The van der Waals surface area contributed by atoms with Crippen molar-refractivity contribution in [3.63, 3.8) is 0 Å². The number of nitrogens with zero attached hydrogens (tertiary/aromatic N) is 1. The SMILES string of the molecule is CNC(=O)c1sc(N2CCSC(C)(C)CC2)c(OC)c1N. The second-order valence-corrected chi connectivity index (χ2v) is 8.41. The quantitative estimate of drug-likeness (QED) is 0.891. The fourth-order valence-electron chi connectivity index (χ4n) is 2.33. The Kier molecular flexibility index (Phi) is 4.93. The van der Waals surface area contributed by atoms with Crippen LogP contribution in [0.4, 0.5) is 10.7 Å². The number of carbonyl (C=O) groups excluding carboxylic acids is 1. The van der Waals surface area contributed by atoms with Gasteiger partial charge in [-0.3, -0.25) is 4.79 Å². The molecular formula is C14H23N3O2S2. The maximum atomic E-state index is 11.9. The number of amides is 1. The van der Waals surface area contributed by atoms with E-state index >= 15 is 0 Å². The Morgan fingerprint density at radius 2 is 2.14 bits per heavy atom. The first-order valence-corrected chi connectivity index (χ1v) is 8.77. The number of carbonyl (C=O) groups is 1. The van der Waals surface area contributed by atoms with Crippen molar-refractivity contribution in [2.24, 2.45) is 0 Å². The van der Waals surface area contributed by atoms with E-state index in [1.54, 1.807) is 14.2 Å². The van der Waals surface area contributed by atoms with Crippen LogP contribution in [0.1, 0.15) is 29.9 Å². The molecule has 1 aliphatic heterocycles. The summed E-state index contributed by atoms with van der Waals surface area (Å²) in [6.07, 6.45) is 1.09. The van der Waals surface area contributed by atoms with Gasteiger partial charge in [0.2, 0.25) is 0 Å². The molecule has 0 aliphatic carbocycles. The van der Waals surface area contributed by atoms with Crippen LogP contribution >= 0.6 is 23.1 Å². The third-order valence-electron chi connectivity index (χ3n) is 3.64. The third kappa shape index (κ3) is 3.40. The van der Waals surface area contributed by atoms with E-state index in [0.29, 0.717) is 16.3 Å². The summed E-state index contributed by atoms with van der Waals surface area (Å²) in [5.74, 6) is 1.53. The number of hydrogen-bond acceptors (Lipinski definition) is 6. The summed E-state index contributed by atoms with van der Waals surface area (Å²) in [5, 5.41) is 3.59. The van der Waals surface area contributed by atoms with E-state index in [4.69, 9.17) is 10.5 Å². The molecule has 0 atom stereocenters. The number of nitrogen functional groups attached to an aromatic ring is 1. The molecule has 0 unspecified atom stereocenters. The average Bonchev–Trinajstić information content (AvgIpc) is 2.66. The topological polar surface area (TPSA) is 67.6 Å². The number of rotatable bonds is 3. The van der Waals surface area contributed by atoms with E-state index in [-0.39, 0.29) is 10.7 Å². The predicted octanol–water partition coefficient (Wildman–Crippen LogP) is 2.42. The van der Waals surface area contributed by atoms with Gasteiger partial charge in [-0.2, -0.15) is 11.8 Å². The van der Waals surface area contributed by atoms with Crippen LogP contribution in [0.5, 0.6) is 5.75 Å². The third-order valence-corrected chi connectivity index (χ3v) is 6.26. The molecule has 1 aromatic rings. The molecule has 0 aromatic carbocycles. The monoisotopic (exact) mass is 329 g/mol. The summed E-state index contributed by atoms with van der Waals surface area (Å²) >= 11 is 3.40. The molecule has 21 heavy (non-hydrogen) atoms. The zero-order chi connectivity index (χ0) is 15.6. The molecule has 2 rings (SSSR count). The highest BCUT2D eigenvalue weighted by atomic mass is 32.2. The van der Waals surface area contributed by atoms with Crippen LogP contribution in [-0.4, -0.2) is 43.7 Å². The Hall–Kier alpha value is -1.08. The molecule has 1 fully saturated rings. The van der Waals surface area contributed by atoms with Gasteiger partial charge in [0.25, 0.3) is 5.91 Å². The number of hydrogen-bond donors (Lipinski definition) is 2. The van der Waals surface area contributed by atoms with E-state index in [2.05, 4.69) is 24.1 Å². The maximum absolute atomic E-state index is 11.9. The summed E-state index contributed by atoms with van der Waals surface area (Å²) in [5.41, 5.74) is 6.52. The standard InChI is InChI=1S/C14H23N3O2S2/c1-14(2)5-6-17(7-8-20-14)13-10(19-4)9(15)11(21-13)12(18)16-3/h5-8,15H2,1-4H3,(H,16,18). The Labute approximate surface area is 134 Å². The second-order valence-electron chi connectivity index (χ2n) is 5.61. The number of thioether (sulfide) groups is 1. The minimum absolute atomic E-state index is 0.161. The molecule has 0 spiro atoms. The highest BCUT2D eigenvalue weighted by Gasteiger charge is 2.29. The number of nitrogens with one attached hydrogen (secondary N) is 1. The van der Waals surface area contributed by atoms with Crippen molar-refractivity contribution in [3.05, 3.63) is 4.88 Å². The Morgan fingerprint density at radius 3 is 2.76 bits per heavy atom. The lowest BCUT2D eigenvalue weighted by Gasteiger charge is -2.23. The zero-order valence-electron chi connectivity index (χ0n) is 13.0. The summed E-state index contributed by atoms with van der Waals surface area (Å²) < 4.78 is 5.74. The first kappa shape index (κ1) is 16.3. The van der Waals surface area contributed by atoms with Gasteiger partial charge < -0.3 is 20.7 Å². The first-order chi connectivity index (χ1) is 9.89. The molecule has 7 heteroatoms. The first-order valence-electron chi connectivity index (χ1n) is 6.97. The van der Waals surface area contributed by atoms with Gasteiger partial charge in [0.15, 0.2) is 5.75 Å². The van der Waals surface area contributed by atoms with Crippen LogP contribution in [0.2, 0.25) is 0 Å². The number of nitrogens with two attached hydrogens (primary N) is 1. The van der Waals surface area contributed by atoms with Gasteiger partial charge in [-0.05, 0) is 6.42 Å². The summed E-state index contributed by atoms with van der Waals surface area (Å²) in [6.45, 7) is 6.44. The lowest BCUT2D eigenvalue weighted by Crippen LogP contribution is -2.26. The normalized spacial score (nSPS) is 18.2. The Balaban J connectivity index is 2.32. The van der Waals surface area contributed by atoms with Crippen molar-refractivity contribution in [2.45, 2.75) is 25.0 Å². The van der Waals surface area contributed by atoms with Gasteiger partial charge >= 0.3 is 0 Å². The van der Waals surface area contributed by atoms with Crippen LogP contribution in [0.25, 0.3) is 0 Å². The minimum atomic E-state index is -0.161. The van der Waals surface area contributed by atoms with Crippen LogP contribution in [0, 0.1) is 0 Å². The number of ether oxygens (including phenoxy) is 1. The van der Waals surface area contributed by atoms with Gasteiger partial charge in [-0.15, -0.1) is 11.3 Å². The van der Waals surface area contributed by atoms with Crippen LogP contribution in [0.3, 0.4) is 0 Å². The van der Waals surface area contributed by atoms with E-state index < -0.39 is 0 Å². The van der Waals surface area contributed by atoms with E-state index in [1.165, 1.54) is 11.3 Å². The minimum Gasteiger partial charge on any atom is -0.492 e. The highest BCUT2D eigenvalue weighted by Crippen LogP contribution is 2.46.